The van der Waals surface area contributed by atoms with Crippen LogP contribution in [0.2, 0.25) is 0 Å². The summed E-state index contributed by atoms with van der Waals surface area (Å²) < 4.78 is 0. The molecule has 2 nitrogen and oxygen atoms in total. The van der Waals surface area contributed by atoms with Gasteiger partial charge in [0.1, 0.15) is 5.78 Å². The van der Waals surface area contributed by atoms with Gasteiger partial charge in [0.2, 0.25) is 0 Å². The first-order valence-electron chi connectivity index (χ1n) is 5.09. The second-order valence-electron chi connectivity index (χ2n) is 4.49. The average Bonchev–Trinajstić information content (AvgIpc) is 1.96. The predicted octanol–water partition coefficient (Wildman–Crippen LogP) is 2.33. The summed E-state index contributed by atoms with van der Waals surface area (Å²) in [5.74, 6) is 1.01. The third-order valence-electron chi connectivity index (χ3n) is 2.30. The number of rotatable bonds is 6. The quantitative estimate of drug-likeness (QED) is 0.633. The molecule has 13 heavy (non-hydrogen) atoms. The Balaban J connectivity index is 3.87. The lowest BCUT2D eigenvalue weighted by Gasteiger charge is -2.25. The van der Waals surface area contributed by atoms with Gasteiger partial charge in [-0.1, -0.05) is 13.8 Å². The largest absolute Gasteiger partial charge is 0.306 e. The van der Waals surface area contributed by atoms with Crippen molar-refractivity contribution in [3.63, 3.8) is 0 Å². The first kappa shape index (κ1) is 12.6. The van der Waals surface area contributed by atoms with Gasteiger partial charge in [-0.05, 0) is 39.8 Å². The van der Waals surface area contributed by atoms with Gasteiger partial charge in [0.15, 0.2) is 0 Å². The van der Waals surface area contributed by atoms with E-state index in [-0.39, 0.29) is 0 Å². The summed E-state index contributed by atoms with van der Waals surface area (Å²) in [4.78, 5) is 13.1. The highest BCUT2D eigenvalue weighted by molar-refractivity contribution is 5.75. The molecular formula is C11H23NO. The van der Waals surface area contributed by atoms with E-state index in [4.69, 9.17) is 0 Å². The zero-order valence-electron chi connectivity index (χ0n) is 9.63. The van der Waals surface area contributed by atoms with Crippen LogP contribution in [0, 0.1) is 5.92 Å². The second-order valence-corrected chi connectivity index (χ2v) is 4.49. The number of nitrogens with zero attached hydrogens (tertiary/aromatic N) is 1. The monoisotopic (exact) mass is 185 g/mol. The minimum absolute atomic E-state index is 0.301. The van der Waals surface area contributed by atoms with Gasteiger partial charge in [-0.3, -0.25) is 0 Å². The molecule has 0 aliphatic rings. The molecule has 0 aromatic heterocycles. The molecule has 1 unspecified atom stereocenters. The van der Waals surface area contributed by atoms with Crippen molar-refractivity contribution in [2.45, 2.75) is 46.1 Å². The Morgan fingerprint density at radius 1 is 1.31 bits per heavy atom. The van der Waals surface area contributed by atoms with Gasteiger partial charge in [-0.15, -0.1) is 0 Å². The zero-order valence-corrected chi connectivity index (χ0v) is 9.63. The number of carbonyl (C=O) groups excluding carboxylic acids is 1. The van der Waals surface area contributed by atoms with Crippen molar-refractivity contribution in [1.29, 1.82) is 0 Å². The van der Waals surface area contributed by atoms with E-state index < -0.39 is 0 Å². The predicted molar refractivity (Wildman–Crippen MR) is 56.8 cm³/mol. The van der Waals surface area contributed by atoms with Crippen LogP contribution < -0.4 is 0 Å². The van der Waals surface area contributed by atoms with E-state index >= 15 is 0 Å². The minimum atomic E-state index is 0.301. The van der Waals surface area contributed by atoms with Crippen LogP contribution in [0.4, 0.5) is 0 Å². The molecule has 1 atom stereocenters. The summed E-state index contributed by atoms with van der Waals surface area (Å²) in [5.41, 5.74) is 0. The van der Waals surface area contributed by atoms with Crippen LogP contribution in [0.15, 0.2) is 0 Å². The average molecular weight is 185 g/mol. The smallest absolute Gasteiger partial charge is 0.129 e. The van der Waals surface area contributed by atoms with Gasteiger partial charge in [-0.25, -0.2) is 0 Å². The molecule has 0 aromatic rings. The number of carbonyl (C=O) groups is 1. The van der Waals surface area contributed by atoms with Crippen molar-refractivity contribution < 1.29 is 4.79 Å². The maximum absolute atomic E-state index is 10.8. The molecule has 0 bridgehead atoms. The molecule has 0 aromatic carbocycles. The van der Waals surface area contributed by atoms with Crippen LogP contribution in [-0.2, 0) is 4.79 Å². The molecule has 0 aliphatic heterocycles. The summed E-state index contributed by atoms with van der Waals surface area (Å²) in [7, 11) is 4.18. The molecule has 0 saturated carbocycles. The van der Waals surface area contributed by atoms with Crippen LogP contribution in [0.1, 0.15) is 40.0 Å². The van der Waals surface area contributed by atoms with Crippen molar-refractivity contribution in [3.05, 3.63) is 0 Å². The Kier molecular flexibility index (Phi) is 5.97. The minimum Gasteiger partial charge on any atom is -0.306 e. The first-order valence-corrected chi connectivity index (χ1v) is 5.09. The van der Waals surface area contributed by atoms with Crippen molar-refractivity contribution in [2.75, 3.05) is 14.1 Å². The summed E-state index contributed by atoms with van der Waals surface area (Å²) >= 11 is 0. The standard InChI is InChI=1S/C11H23NO/c1-9(2)8-11(12(4)5)7-6-10(3)13/h9,11H,6-8H2,1-5H3. The Morgan fingerprint density at radius 3 is 2.15 bits per heavy atom. The van der Waals surface area contributed by atoms with Crippen LogP contribution in [-0.4, -0.2) is 30.8 Å². The highest BCUT2D eigenvalue weighted by Gasteiger charge is 2.13. The fraction of sp³-hybridized carbons (Fsp3) is 0.909. The molecular weight excluding hydrogens is 162 g/mol. The van der Waals surface area contributed by atoms with Gasteiger partial charge in [-0.2, -0.15) is 0 Å². The van der Waals surface area contributed by atoms with Gasteiger partial charge in [0, 0.05) is 12.5 Å². The normalized spacial score (nSPS) is 13.8. The van der Waals surface area contributed by atoms with Gasteiger partial charge >= 0.3 is 0 Å². The molecule has 78 valence electrons. The Labute approximate surface area is 82.3 Å². The Hall–Kier alpha value is -0.370. The SMILES string of the molecule is CC(=O)CCC(CC(C)C)N(C)C. The fourth-order valence-corrected chi connectivity index (χ4v) is 1.50. The highest BCUT2D eigenvalue weighted by Crippen LogP contribution is 2.14. The fourth-order valence-electron chi connectivity index (χ4n) is 1.50. The summed E-state index contributed by atoms with van der Waals surface area (Å²) in [6.45, 7) is 6.12. The van der Waals surface area contributed by atoms with E-state index in [1.165, 1.54) is 6.42 Å². The molecule has 0 saturated heterocycles. The summed E-state index contributed by atoms with van der Waals surface area (Å²) in [6.07, 6.45) is 2.90. The number of hydrogen-bond acceptors (Lipinski definition) is 2. The van der Waals surface area contributed by atoms with E-state index in [0.29, 0.717) is 17.7 Å². The maximum atomic E-state index is 10.8. The van der Waals surface area contributed by atoms with E-state index in [9.17, 15) is 4.79 Å². The lowest BCUT2D eigenvalue weighted by molar-refractivity contribution is -0.117. The molecule has 0 amide bonds. The number of ketones is 1. The summed E-state index contributed by atoms with van der Waals surface area (Å²) in [5, 5.41) is 0. The number of hydrogen-bond donors (Lipinski definition) is 0. The maximum Gasteiger partial charge on any atom is 0.129 e. The highest BCUT2D eigenvalue weighted by atomic mass is 16.1. The summed E-state index contributed by atoms with van der Waals surface area (Å²) in [6, 6.07) is 0.559. The Bertz CT molecular complexity index is 152. The lowest BCUT2D eigenvalue weighted by Crippen LogP contribution is -2.29. The third-order valence-corrected chi connectivity index (χ3v) is 2.30. The van der Waals surface area contributed by atoms with Crippen LogP contribution in [0.25, 0.3) is 0 Å². The van der Waals surface area contributed by atoms with E-state index in [2.05, 4.69) is 32.8 Å². The number of Topliss-reactive ketones (excluding diaryl/α,β-unsaturated/α-hetero) is 1. The van der Waals surface area contributed by atoms with Crippen LogP contribution in [0.3, 0.4) is 0 Å². The topological polar surface area (TPSA) is 20.3 Å². The molecule has 0 heterocycles. The Morgan fingerprint density at radius 2 is 1.85 bits per heavy atom. The molecule has 0 rings (SSSR count). The van der Waals surface area contributed by atoms with Gasteiger partial charge < -0.3 is 9.69 Å². The van der Waals surface area contributed by atoms with E-state index in [1.807, 2.05) is 0 Å². The molecule has 0 radical (unpaired) electrons. The van der Waals surface area contributed by atoms with Gasteiger partial charge in [0.25, 0.3) is 0 Å². The van der Waals surface area contributed by atoms with E-state index in [1.54, 1.807) is 6.92 Å². The van der Waals surface area contributed by atoms with Crippen LogP contribution in [0.5, 0.6) is 0 Å². The van der Waals surface area contributed by atoms with Crippen LogP contribution >= 0.6 is 0 Å². The third kappa shape index (κ3) is 6.76. The second kappa shape index (κ2) is 6.14. The van der Waals surface area contributed by atoms with E-state index in [0.717, 1.165) is 12.8 Å². The molecule has 0 fully saturated rings. The van der Waals surface area contributed by atoms with Crippen molar-refractivity contribution in [1.82, 2.24) is 4.90 Å². The molecule has 2 heteroatoms. The molecule has 0 aliphatic carbocycles. The van der Waals surface area contributed by atoms with Crippen molar-refractivity contribution in [2.24, 2.45) is 5.92 Å². The molecule has 0 spiro atoms. The first-order chi connectivity index (χ1) is 5.93. The zero-order chi connectivity index (χ0) is 10.4. The van der Waals surface area contributed by atoms with Gasteiger partial charge in [0.05, 0.1) is 0 Å². The molecule has 0 N–H and O–H groups in total. The van der Waals surface area contributed by atoms with Crippen molar-refractivity contribution >= 4 is 5.78 Å². The lowest BCUT2D eigenvalue weighted by atomic mass is 9.98. The van der Waals surface area contributed by atoms with Crippen molar-refractivity contribution in [3.8, 4) is 0 Å².